The molecule has 1 saturated carbocycles. The lowest BCUT2D eigenvalue weighted by atomic mass is 9.84. The van der Waals surface area contributed by atoms with Crippen molar-refractivity contribution in [3.05, 3.63) is 57.0 Å². The van der Waals surface area contributed by atoms with Gasteiger partial charge in [0.25, 0.3) is 5.56 Å². The first kappa shape index (κ1) is 26.2. The van der Waals surface area contributed by atoms with Crippen LogP contribution in [0.25, 0.3) is 16.6 Å². The van der Waals surface area contributed by atoms with E-state index in [1.807, 2.05) is 30.0 Å². The Morgan fingerprint density at radius 2 is 1.89 bits per heavy atom. The van der Waals surface area contributed by atoms with Crippen molar-refractivity contribution in [2.75, 3.05) is 20.8 Å². The molecule has 192 valence electrons. The molecule has 2 aromatic carbocycles. The molecular weight excluding hydrogens is 522 g/mol. The zero-order valence-electron chi connectivity index (χ0n) is 21.6. The van der Waals surface area contributed by atoms with Crippen molar-refractivity contribution in [3.8, 4) is 17.2 Å². The number of nitrogens with zero attached hydrogens (tertiary/aromatic N) is 3. The summed E-state index contributed by atoms with van der Waals surface area (Å²) in [6.45, 7) is 6.88. The van der Waals surface area contributed by atoms with Crippen LogP contribution in [0.1, 0.15) is 58.3 Å². The van der Waals surface area contributed by atoms with Crippen LogP contribution in [0.3, 0.4) is 0 Å². The van der Waals surface area contributed by atoms with Gasteiger partial charge in [-0.15, -0.1) is 0 Å². The van der Waals surface area contributed by atoms with Gasteiger partial charge in [0.2, 0.25) is 5.91 Å². The summed E-state index contributed by atoms with van der Waals surface area (Å²) in [7, 11) is 3.14. The van der Waals surface area contributed by atoms with E-state index >= 15 is 0 Å². The third-order valence-electron chi connectivity index (χ3n) is 7.02. The van der Waals surface area contributed by atoms with E-state index in [9.17, 15) is 9.59 Å². The Morgan fingerprint density at radius 3 is 2.50 bits per heavy atom. The van der Waals surface area contributed by atoms with E-state index in [2.05, 4.69) is 29.8 Å². The third kappa shape index (κ3) is 5.01. The van der Waals surface area contributed by atoms with Gasteiger partial charge in [-0.1, -0.05) is 32.4 Å². The Morgan fingerprint density at radius 1 is 1.17 bits per heavy atom. The van der Waals surface area contributed by atoms with Gasteiger partial charge in [0.15, 0.2) is 0 Å². The molecule has 1 heterocycles. The quantitative estimate of drug-likeness (QED) is 0.328. The van der Waals surface area contributed by atoms with Crippen LogP contribution in [-0.2, 0) is 4.79 Å². The molecule has 4 rings (SSSR count). The highest BCUT2D eigenvalue weighted by Gasteiger charge is 2.34. The summed E-state index contributed by atoms with van der Waals surface area (Å²) in [6.07, 6.45) is 3.79. The zero-order valence-corrected chi connectivity index (χ0v) is 23.2. The number of rotatable bonds is 9. The molecule has 0 spiro atoms. The second-order valence-corrected chi connectivity index (χ2v) is 10.6. The number of methoxy groups -OCH3 is 2. The van der Waals surface area contributed by atoms with Crippen molar-refractivity contribution in [2.24, 2.45) is 11.8 Å². The minimum atomic E-state index is -0.418. The Balaban J connectivity index is 1.95. The number of carbonyl (C=O) groups is 1. The molecule has 7 nitrogen and oxygen atoms in total. The number of hydrogen-bond donors (Lipinski definition) is 0. The van der Waals surface area contributed by atoms with Crippen LogP contribution in [-0.4, -0.2) is 41.1 Å². The molecule has 0 aliphatic heterocycles. The van der Waals surface area contributed by atoms with Gasteiger partial charge in [-0.05, 0) is 60.2 Å². The fraction of sp³-hybridized carbons (Fsp3) is 0.464. The van der Waals surface area contributed by atoms with Gasteiger partial charge in [-0.3, -0.25) is 14.2 Å². The maximum Gasteiger partial charge on any atom is 0.266 e. The normalized spacial score (nSPS) is 14.5. The molecule has 1 aliphatic rings. The standard InChI is InChI=1S/C28H34BrN3O4/c1-17(2)13-14-31(27(33)19-9-8-10-19)18(3)26-30-22-12-7-6-11-21(22)28(34)32(26)23-15-20(35-4)16-24(36-5)25(23)29/h6-7,11-12,15-19H,8-10,13-14H2,1-5H3. The molecule has 0 radical (unpaired) electrons. The highest BCUT2D eigenvalue weighted by Crippen LogP contribution is 2.37. The van der Waals surface area contributed by atoms with Gasteiger partial charge in [0.05, 0.1) is 41.3 Å². The molecule has 1 fully saturated rings. The van der Waals surface area contributed by atoms with E-state index in [-0.39, 0.29) is 17.4 Å². The molecule has 1 unspecified atom stereocenters. The predicted octanol–water partition coefficient (Wildman–Crippen LogP) is 5.90. The van der Waals surface area contributed by atoms with Crippen molar-refractivity contribution in [1.29, 1.82) is 0 Å². The first-order valence-electron chi connectivity index (χ1n) is 12.5. The molecule has 0 saturated heterocycles. The van der Waals surface area contributed by atoms with Crippen LogP contribution in [0.15, 0.2) is 45.7 Å². The monoisotopic (exact) mass is 555 g/mol. The summed E-state index contributed by atoms with van der Waals surface area (Å²) in [5.41, 5.74) is 0.945. The van der Waals surface area contributed by atoms with Gasteiger partial charge in [-0.2, -0.15) is 0 Å². The fourth-order valence-corrected chi connectivity index (χ4v) is 5.14. The lowest BCUT2D eigenvalue weighted by Crippen LogP contribution is -2.43. The summed E-state index contributed by atoms with van der Waals surface area (Å²) >= 11 is 3.63. The lowest BCUT2D eigenvalue weighted by molar-refractivity contribution is -0.140. The van der Waals surface area contributed by atoms with Gasteiger partial charge in [0.1, 0.15) is 17.3 Å². The maximum atomic E-state index is 14.0. The third-order valence-corrected chi connectivity index (χ3v) is 7.81. The van der Waals surface area contributed by atoms with Crippen LogP contribution < -0.4 is 15.0 Å². The molecule has 36 heavy (non-hydrogen) atoms. The largest absolute Gasteiger partial charge is 0.497 e. The number of hydrogen-bond acceptors (Lipinski definition) is 5. The van der Waals surface area contributed by atoms with E-state index in [4.69, 9.17) is 14.5 Å². The van der Waals surface area contributed by atoms with E-state index < -0.39 is 6.04 Å². The summed E-state index contributed by atoms with van der Waals surface area (Å²) in [5, 5.41) is 0.501. The highest BCUT2D eigenvalue weighted by atomic mass is 79.9. The van der Waals surface area contributed by atoms with E-state index in [1.165, 1.54) is 0 Å². The van der Waals surface area contributed by atoms with Crippen molar-refractivity contribution >= 4 is 32.7 Å². The van der Waals surface area contributed by atoms with Crippen molar-refractivity contribution < 1.29 is 14.3 Å². The van der Waals surface area contributed by atoms with Crippen molar-refractivity contribution in [1.82, 2.24) is 14.5 Å². The van der Waals surface area contributed by atoms with Crippen LogP contribution in [0.4, 0.5) is 0 Å². The van der Waals surface area contributed by atoms with Gasteiger partial charge in [-0.25, -0.2) is 4.98 Å². The number of aromatic nitrogens is 2. The molecule has 0 N–H and O–H groups in total. The summed E-state index contributed by atoms with van der Waals surface area (Å²) in [6, 6.07) is 10.4. The SMILES string of the molecule is COc1cc(OC)c(Br)c(-n2c(C(C)N(CCC(C)C)C(=O)C3CCC3)nc3ccccc3c2=O)c1. The van der Waals surface area contributed by atoms with E-state index in [0.29, 0.717) is 50.8 Å². The number of ether oxygens (including phenoxy) is 2. The molecule has 8 heteroatoms. The van der Waals surface area contributed by atoms with Gasteiger partial charge < -0.3 is 14.4 Å². The summed E-state index contributed by atoms with van der Waals surface area (Å²) < 4.78 is 13.3. The Bertz CT molecular complexity index is 1320. The van der Waals surface area contributed by atoms with Crippen LogP contribution >= 0.6 is 15.9 Å². The number of carbonyl (C=O) groups excluding carboxylic acids is 1. The smallest absolute Gasteiger partial charge is 0.266 e. The molecular formula is C28H34BrN3O4. The minimum absolute atomic E-state index is 0.0453. The van der Waals surface area contributed by atoms with Crippen LogP contribution in [0, 0.1) is 11.8 Å². The fourth-order valence-electron chi connectivity index (χ4n) is 4.57. The molecule has 3 aromatic rings. The van der Waals surface area contributed by atoms with Crippen LogP contribution in [0.5, 0.6) is 11.5 Å². The first-order valence-corrected chi connectivity index (χ1v) is 13.3. The molecule has 1 atom stereocenters. The molecule has 1 aromatic heterocycles. The highest BCUT2D eigenvalue weighted by molar-refractivity contribution is 9.10. The first-order chi connectivity index (χ1) is 17.3. The number of fused-ring (bicyclic) bond motifs is 1. The number of benzene rings is 2. The molecule has 1 aliphatic carbocycles. The second kappa shape index (κ2) is 11.0. The second-order valence-electron chi connectivity index (χ2n) is 9.81. The Kier molecular flexibility index (Phi) is 8.03. The lowest BCUT2D eigenvalue weighted by Gasteiger charge is -2.36. The van der Waals surface area contributed by atoms with E-state index in [1.54, 1.807) is 37.0 Å². The Hall–Kier alpha value is -2.87. The van der Waals surface area contributed by atoms with Crippen LogP contribution in [0.2, 0.25) is 0 Å². The number of amides is 1. The van der Waals surface area contributed by atoms with Gasteiger partial charge in [0, 0.05) is 24.6 Å². The van der Waals surface area contributed by atoms with E-state index in [0.717, 1.165) is 25.7 Å². The summed E-state index contributed by atoms with van der Waals surface area (Å²) in [5.74, 6) is 2.22. The average molecular weight is 557 g/mol. The maximum absolute atomic E-state index is 14.0. The number of halogens is 1. The predicted molar refractivity (Wildman–Crippen MR) is 145 cm³/mol. The minimum Gasteiger partial charge on any atom is -0.497 e. The topological polar surface area (TPSA) is 73.7 Å². The Labute approximate surface area is 220 Å². The molecule has 0 bridgehead atoms. The molecule has 1 amide bonds. The van der Waals surface area contributed by atoms with Crippen molar-refractivity contribution in [2.45, 2.75) is 52.5 Å². The van der Waals surface area contributed by atoms with Gasteiger partial charge >= 0.3 is 0 Å². The van der Waals surface area contributed by atoms with Crippen molar-refractivity contribution in [3.63, 3.8) is 0 Å². The number of para-hydroxylation sites is 1. The average Bonchev–Trinajstić information content (AvgIpc) is 2.83. The zero-order chi connectivity index (χ0) is 26.0. The summed E-state index contributed by atoms with van der Waals surface area (Å²) in [4.78, 5) is 34.4.